The molecule has 0 saturated heterocycles. The second kappa shape index (κ2) is 11.4. The van der Waals surface area contributed by atoms with Crippen LogP contribution in [0.5, 0.6) is 5.75 Å². The number of nitrogens with one attached hydrogen (secondary N) is 1. The van der Waals surface area contributed by atoms with Crippen LogP contribution in [0, 0.1) is 5.41 Å². The van der Waals surface area contributed by atoms with E-state index in [2.05, 4.69) is 10.3 Å². The van der Waals surface area contributed by atoms with Gasteiger partial charge in [0.2, 0.25) is 0 Å². The van der Waals surface area contributed by atoms with Gasteiger partial charge in [0.1, 0.15) is 11.9 Å². The summed E-state index contributed by atoms with van der Waals surface area (Å²) in [4.78, 5) is 16.6. The van der Waals surface area contributed by atoms with Crippen LogP contribution in [0.1, 0.15) is 39.4 Å². The molecule has 0 spiro atoms. The maximum absolute atomic E-state index is 14.3. The molecule has 0 unspecified atom stereocenters. The first-order chi connectivity index (χ1) is 17.3. The molecule has 0 aliphatic carbocycles. The molecule has 5 nitrogen and oxygen atoms in total. The summed E-state index contributed by atoms with van der Waals surface area (Å²) in [6, 6.07) is 14.1. The first-order valence-corrected chi connectivity index (χ1v) is 11.8. The van der Waals surface area contributed by atoms with Gasteiger partial charge in [0.25, 0.3) is 0 Å². The van der Waals surface area contributed by atoms with Crippen LogP contribution in [0.2, 0.25) is 5.02 Å². The van der Waals surface area contributed by atoms with Crippen molar-refractivity contribution < 1.29 is 31.8 Å². The molecule has 0 saturated carbocycles. The molecule has 3 aromatic rings. The molecule has 0 fully saturated rings. The molecule has 1 heterocycles. The number of nitrogens with zero attached hydrogens (tertiary/aromatic N) is 1. The van der Waals surface area contributed by atoms with E-state index in [9.17, 15) is 22.4 Å². The predicted octanol–water partition coefficient (Wildman–Crippen LogP) is 8.14. The first-order valence-electron chi connectivity index (χ1n) is 11.4. The van der Waals surface area contributed by atoms with Gasteiger partial charge in [-0.2, -0.15) is 17.6 Å². The summed E-state index contributed by atoms with van der Waals surface area (Å²) in [5.74, 6) is -0.533. The fraction of sp³-hybridized carbons (Fsp3) is 0.333. The lowest BCUT2D eigenvalue weighted by Gasteiger charge is -2.26. The first kappa shape index (κ1) is 28.2. The number of hydrogen-bond acceptors (Lipinski definition) is 4. The van der Waals surface area contributed by atoms with Crippen molar-refractivity contribution in [3.05, 3.63) is 71.4 Å². The molecule has 1 atom stereocenters. The Bertz CT molecular complexity index is 1220. The number of benzene rings is 2. The van der Waals surface area contributed by atoms with Crippen molar-refractivity contribution >= 4 is 17.7 Å². The van der Waals surface area contributed by atoms with Gasteiger partial charge in [0.05, 0.1) is 10.7 Å². The molecule has 0 radical (unpaired) electrons. The van der Waals surface area contributed by atoms with Gasteiger partial charge in [-0.1, -0.05) is 68.8 Å². The van der Waals surface area contributed by atoms with Gasteiger partial charge < -0.3 is 14.8 Å². The van der Waals surface area contributed by atoms with Gasteiger partial charge in [0, 0.05) is 29.4 Å². The van der Waals surface area contributed by atoms with E-state index in [1.54, 1.807) is 43.3 Å². The third-order valence-electron chi connectivity index (χ3n) is 5.23. The largest absolute Gasteiger partial charge is 0.461 e. The van der Waals surface area contributed by atoms with E-state index in [0.717, 1.165) is 0 Å². The number of alkyl carbamates (subject to hydrolysis) is 1. The van der Waals surface area contributed by atoms with Crippen LogP contribution in [0.15, 0.2) is 60.8 Å². The van der Waals surface area contributed by atoms with Gasteiger partial charge in [-0.15, -0.1) is 0 Å². The minimum absolute atomic E-state index is 0.0315. The van der Waals surface area contributed by atoms with E-state index in [0.29, 0.717) is 17.1 Å². The molecule has 1 aromatic heterocycles. The topological polar surface area (TPSA) is 60.5 Å². The molecule has 0 aliphatic heterocycles. The summed E-state index contributed by atoms with van der Waals surface area (Å²) in [6.07, 6.45) is -9.27. The lowest BCUT2D eigenvalue weighted by atomic mass is 9.92. The summed E-state index contributed by atoms with van der Waals surface area (Å²) in [5, 5.41) is 2.96. The van der Waals surface area contributed by atoms with E-state index < -0.39 is 30.5 Å². The number of pyridine rings is 1. The number of alkyl halides is 4. The second-order valence-electron chi connectivity index (χ2n) is 9.56. The van der Waals surface area contributed by atoms with E-state index in [1.807, 2.05) is 20.8 Å². The lowest BCUT2D eigenvalue weighted by molar-refractivity contribution is -0.252. The molecular weight excluding hydrogens is 512 g/mol. The fourth-order valence-corrected chi connectivity index (χ4v) is 3.58. The third-order valence-corrected chi connectivity index (χ3v) is 5.46. The van der Waals surface area contributed by atoms with E-state index in [-0.39, 0.29) is 27.8 Å². The average molecular weight is 539 g/mol. The van der Waals surface area contributed by atoms with Crippen molar-refractivity contribution in [2.75, 3.05) is 6.54 Å². The highest BCUT2D eigenvalue weighted by molar-refractivity contribution is 6.30. The summed E-state index contributed by atoms with van der Waals surface area (Å²) in [6.45, 7) is 7.68. The molecule has 1 N–H and O–H groups in total. The van der Waals surface area contributed by atoms with Gasteiger partial charge in [0.15, 0.2) is 0 Å². The summed E-state index contributed by atoms with van der Waals surface area (Å²) >= 11 is 5.92. The molecular formula is C27H27ClF4N2O3. The Morgan fingerprint density at radius 3 is 2.30 bits per heavy atom. The molecule has 3 rings (SSSR count). The van der Waals surface area contributed by atoms with E-state index in [4.69, 9.17) is 21.1 Å². The number of halogens is 5. The van der Waals surface area contributed by atoms with Crippen molar-refractivity contribution in [2.24, 2.45) is 5.41 Å². The minimum atomic E-state index is -4.81. The van der Waals surface area contributed by atoms with Crippen molar-refractivity contribution in [3.8, 4) is 28.1 Å². The maximum atomic E-state index is 14.3. The number of carbonyl (C=O) groups is 1. The Kier molecular flexibility index (Phi) is 8.68. The highest BCUT2D eigenvalue weighted by atomic mass is 35.5. The normalized spacial score (nSPS) is 12.8. The highest BCUT2D eigenvalue weighted by Crippen LogP contribution is 2.46. The number of rotatable bonds is 8. The molecule has 0 aliphatic rings. The molecule has 0 bridgehead atoms. The zero-order chi connectivity index (χ0) is 27.4. The Morgan fingerprint density at radius 2 is 1.73 bits per heavy atom. The van der Waals surface area contributed by atoms with Crippen LogP contribution >= 0.6 is 11.6 Å². The van der Waals surface area contributed by atoms with Gasteiger partial charge in [-0.3, -0.25) is 4.98 Å². The van der Waals surface area contributed by atoms with E-state index in [1.165, 1.54) is 24.4 Å². The third kappa shape index (κ3) is 7.35. The zero-order valence-electron chi connectivity index (χ0n) is 20.7. The van der Waals surface area contributed by atoms with Crippen molar-refractivity contribution in [1.82, 2.24) is 10.3 Å². The van der Waals surface area contributed by atoms with Gasteiger partial charge in [-0.25, -0.2) is 4.79 Å². The average Bonchev–Trinajstić information content (AvgIpc) is 2.83. The number of hydrogen-bond donors (Lipinski definition) is 1. The summed E-state index contributed by atoms with van der Waals surface area (Å²) < 4.78 is 65.4. The molecule has 37 heavy (non-hydrogen) atoms. The molecule has 198 valence electrons. The Labute approximate surface area is 217 Å². The van der Waals surface area contributed by atoms with Crippen LogP contribution in [-0.4, -0.2) is 30.2 Å². The number of amides is 1. The lowest BCUT2D eigenvalue weighted by Crippen LogP contribution is -2.34. The Hall–Kier alpha value is -3.33. The fourth-order valence-electron chi connectivity index (χ4n) is 3.47. The van der Waals surface area contributed by atoms with Crippen LogP contribution in [0.4, 0.5) is 22.4 Å². The van der Waals surface area contributed by atoms with Crippen molar-refractivity contribution in [1.29, 1.82) is 0 Å². The van der Waals surface area contributed by atoms with Gasteiger partial charge in [-0.05, 0) is 36.1 Å². The predicted molar refractivity (Wildman–Crippen MR) is 134 cm³/mol. The van der Waals surface area contributed by atoms with Crippen molar-refractivity contribution in [2.45, 2.75) is 46.3 Å². The smallest absolute Gasteiger partial charge is 0.442 e. The Balaban J connectivity index is 2.18. The maximum Gasteiger partial charge on any atom is 0.461 e. The summed E-state index contributed by atoms with van der Waals surface area (Å²) in [7, 11) is 0. The number of aromatic nitrogens is 1. The van der Waals surface area contributed by atoms with Crippen LogP contribution in [0.3, 0.4) is 0 Å². The molecule has 10 heteroatoms. The highest BCUT2D eigenvalue weighted by Gasteiger charge is 2.45. The van der Waals surface area contributed by atoms with Crippen molar-refractivity contribution in [3.63, 3.8) is 0 Å². The minimum Gasteiger partial charge on any atom is -0.442 e. The Morgan fingerprint density at radius 1 is 1.05 bits per heavy atom. The standard InChI is InChI=1S/C27H27ClF4N2O3/c1-16(36-25(35)34-15-26(2,3)4)19-11-12-20(21-13-10-18(28)14-33-21)23(37-27(31,32)24(29)30)22(19)17-8-6-5-7-9-17/h5-14,16,24H,15H2,1-4H3,(H,34,35)/t16-/m0/s1. The number of carbonyl (C=O) groups excluding carboxylic acids is 1. The summed E-state index contributed by atoms with van der Waals surface area (Å²) in [5.41, 5.74) is 0.723. The van der Waals surface area contributed by atoms with Crippen LogP contribution < -0.4 is 10.1 Å². The SMILES string of the molecule is C[C@H](OC(=O)NCC(C)(C)C)c1ccc(-c2ccc(Cl)cn2)c(OC(F)(F)C(F)F)c1-c1ccccc1. The zero-order valence-corrected chi connectivity index (χ0v) is 21.5. The molecule has 2 aromatic carbocycles. The van der Waals surface area contributed by atoms with E-state index >= 15 is 0 Å². The monoisotopic (exact) mass is 538 g/mol. The number of ether oxygens (including phenoxy) is 2. The van der Waals surface area contributed by atoms with Gasteiger partial charge >= 0.3 is 18.6 Å². The second-order valence-corrected chi connectivity index (χ2v) is 10.00. The quantitative estimate of drug-likeness (QED) is 0.294. The van der Waals surface area contributed by atoms with Crippen LogP contribution in [-0.2, 0) is 4.74 Å². The van der Waals surface area contributed by atoms with Crippen LogP contribution in [0.25, 0.3) is 22.4 Å². The molecule has 1 amide bonds.